The fourth-order valence-corrected chi connectivity index (χ4v) is 4.15. The molecule has 0 bridgehead atoms. The van der Waals surface area contributed by atoms with E-state index in [1.807, 2.05) is 18.2 Å². The number of esters is 1. The van der Waals surface area contributed by atoms with Crippen LogP contribution in [0, 0.1) is 0 Å². The SMILES string of the molecule is C=CCOC1C=CCCOC(=O)c2c(O)cc(O)c(Cl)c2/C=C(\NOCC(=O)N2CCCCC2)C=CC1. The van der Waals surface area contributed by atoms with Gasteiger partial charge in [0.15, 0.2) is 6.61 Å². The number of carbonyl (C=O) groups is 2. The monoisotopic (exact) mass is 532 g/mol. The molecular formula is C27H33ClN2O7. The molecule has 0 aromatic heterocycles. The fraction of sp³-hybridized carbons (Fsp3) is 0.407. The van der Waals surface area contributed by atoms with Gasteiger partial charge < -0.3 is 24.6 Å². The number of allylic oxidation sites excluding steroid dienone is 1. The van der Waals surface area contributed by atoms with Crippen LogP contribution in [0.2, 0.25) is 5.02 Å². The van der Waals surface area contributed by atoms with Gasteiger partial charge in [-0.3, -0.25) is 15.1 Å². The third-order valence-corrected chi connectivity index (χ3v) is 6.22. The Labute approximate surface area is 221 Å². The van der Waals surface area contributed by atoms with Crippen molar-refractivity contribution in [2.45, 2.75) is 38.2 Å². The van der Waals surface area contributed by atoms with Crippen molar-refractivity contribution in [3.05, 3.63) is 64.9 Å². The smallest absolute Gasteiger partial charge is 0.342 e. The number of halogens is 1. The Kier molecular flexibility index (Phi) is 11.1. The number of likely N-dealkylation sites (tertiary alicyclic amines) is 1. The number of phenols is 2. The van der Waals surface area contributed by atoms with Gasteiger partial charge in [-0.05, 0) is 44.3 Å². The lowest BCUT2D eigenvalue weighted by Gasteiger charge is -2.26. The number of hydrogen-bond acceptors (Lipinski definition) is 8. The number of aromatic hydroxyl groups is 2. The molecule has 1 fully saturated rings. The molecule has 1 aromatic carbocycles. The maximum Gasteiger partial charge on any atom is 0.342 e. The molecule has 1 unspecified atom stereocenters. The first-order chi connectivity index (χ1) is 17.9. The van der Waals surface area contributed by atoms with Crippen LogP contribution in [0.5, 0.6) is 11.5 Å². The Bertz CT molecular complexity index is 1060. The van der Waals surface area contributed by atoms with Crippen LogP contribution < -0.4 is 5.48 Å². The van der Waals surface area contributed by atoms with Crippen LogP contribution in [0.3, 0.4) is 0 Å². The Morgan fingerprint density at radius 3 is 2.78 bits per heavy atom. The number of nitrogens with one attached hydrogen (secondary N) is 1. The number of benzene rings is 1. The highest BCUT2D eigenvalue weighted by atomic mass is 35.5. The van der Waals surface area contributed by atoms with Gasteiger partial charge in [-0.2, -0.15) is 0 Å². The lowest BCUT2D eigenvalue weighted by molar-refractivity contribution is -0.139. The predicted molar refractivity (Wildman–Crippen MR) is 140 cm³/mol. The molecule has 3 N–H and O–H groups in total. The van der Waals surface area contributed by atoms with E-state index in [1.165, 1.54) is 6.08 Å². The van der Waals surface area contributed by atoms with Gasteiger partial charge in [0, 0.05) is 24.7 Å². The standard InChI is InChI=1S/C27H33ClN2O7/c1-2-14-35-20-10-4-7-15-36-27(34)25-21(26(28)23(32)17-22(25)31)16-19(9-8-11-20)29-37-18-24(33)30-12-5-3-6-13-30/h2,4,8-10,16-17,20,29,31-32H,1,3,5-7,11-15,18H2/b9-8?,10-4?,19-16-. The van der Waals surface area contributed by atoms with Crippen LogP contribution >= 0.6 is 11.6 Å². The van der Waals surface area contributed by atoms with Crippen molar-refractivity contribution in [3.63, 3.8) is 0 Å². The number of hydrogen-bond donors (Lipinski definition) is 3. The average molecular weight is 533 g/mol. The summed E-state index contributed by atoms with van der Waals surface area (Å²) in [5, 5.41) is 20.5. The van der Waals surface area contributed by atoms with Gasteiger partial charge in [0.05, 0.1) is 30.0 Å². The summed E-state index contributed by atoms with van der Waals surface area (Å²) in [7, 11) is 0. The molecule has 200 valence electrons. The molecule has 3 rings (SSSR count). The van der Waals surface area contributed by atoms with Gasteiger partial charge in [-0.25, -0.2) is 4.79 Å². The van der Waals surface area contributed by atoms with Crippen molar-refractivity contribution >= 4 is 29.6 Å². The fourth-order valence-electron chi connectivity index (χ4n) is 3.95. The zero-order valence-electron chi connectivity index (χ0n) is 20.7. The molecule has 9 nitrogen and oxygen atoms in total. The number of amides is 1. The normalized spacial score (nSPS) is 20.2. The van der Waals surface area contributed by atoms with Crippen molar-refractivity contribution in [1.29, 1.82) is 0 Å². The van der Waals surface area contributed by atoms with Crippen molar-refractivity contribution < 1.29 is 34.1 Å². The van der Waals surface area contributed by atoms with Crippen LogP contribution in [0.15, 0.2) is 48.7 Å². The largest absolute Gasteiger partial charge is 0.507 e. The molecule has 2 heterocycles. The number of rotatable bonds is 7. The van der Waals surface area contributed by atoms with E-state index in [0.29, 0.717) is 38.2 Å². The topological polar surface area (TPSA) is 118 Å². The number of nitrogens with zero attached hydrogens (tertiary/aromatic N) is 1. The van der Waals surface area contributed by atoms with Crippen LogP contribution in [0.1, 0.15) is 48.0 Å². The molecule has 0 radical (unpaired) electrons. The number of cyclic esters (lactones) is 1. The van der Waals surface area contributed by atoms with E-state index < -0.39 is 17.5 Å². The van der Waals surface area contributed by atoms with Crippen LogP contribution in [-0.2, 0) is 19.1 Å². The Morgan fingerprint density at radius 2 is 2.03 bits per heavy atom. The van der Waals surface area contributed by atoms with Crippen molar-refractivity contribution in [1.82, 2.24) is 10.4 Å². The van der Waals surface area contributed by atoms with E-state index in [9.17, 15) is 19.8 Å². The minimum Gasteiger partial charge on any atom is -0.507 e. The van der Waals surface area contributed by atoms with E-state index in [-0.39, 0.29) is 41.4 Å². The number of fused-ring (bicyclic) bond motifs is 1. The van der Waals surface area contributed by atoms with Gasteiger partial charge in [-0.15, -0.1) is 6.58 Å². The Balaban J connectivity index is 1.90. The third-order valence-electron chi connectivity index (χ3n) is 5.82. The van der Waals surface area contributed by atoms with E-state index >= 15 is 0 Å². The molecule has 1 amide bonds. The first-order valence-corrected chi connectivity index (χ1v) is 12.6. The van der Waals surface area contributed by atoms with E-state index in [4.69, 9.17) is 25.9 Å². The molecule has 1 aromatic rings. The second-order valence-corrected chi connectivity index (χ2v) is 8.98. The molecule has 37 heavy (non-hydrogen) atoms. The van der Waals surface area contributed by atoms with Gasteiger partial charge >= 0.3 is 5.97 Å². The number of hydroxylamine groups is 1. The summed E-state index contributed by atoms with van der Waals surface area (Å²) < 4.78 is 11.1. The summed E-state index contributed by atoms with van der Waals surface area (Å²) >= 11 is 6.32. The lowest BCUT2D eigenvalue weighted by Crippen LogP contribution is -2.39. The maximum absolute atomic E-state index is 12.8. The minimum absolute atomic E-state index is 0.0364. The lowest BCUT2D eigenvalue weighted by atomic mass is 10.0. The van der Waals surface area contributed by atoms with E-state index in [2.05, 4.69) is 12.1 Å². The van der Waals surface area contributed by atoms with Gasteiger partial charge in [0.25, 0.3) is 5.91 Å². The quantitative estimate of drug-likeness (QED) is 0.271. The molecular weight excluding hydrogens is 500 g/mol. The molecule has 10 heteroatoms. The van der Waals surface area contributed by atoms with Gasteiger partial charge in [0.1, 0.15) is 17.1 Å². The molecule has 1 atom stereocenters. The second kappa shape index (κ2) is 14.5. The maximum atomic E-state index is 12.8. The summed E-state index contributed by atoms with van der Waals surface area (Å²) in [6.45, 7) is 5.30. The van der Waals surface area contributed by atoms with E-state index in [1.54, 1.807) is 17.1 Å². The van der Waals surface area contributed by atoms with Crippen molar-refractivity contribution in [3.8, 4) is 11.5 Å². The highest BCUT2D eigenvalue weighted by Gasteiger charge is 2.23. The number of carbonyl (C=O) groups excluding carboxylic acids is 2. The highest BCUT2D eigenvalue weighted by molar-refractivity contribution is 6.34. The summed E-state index contributed by atoms with van der Waals surface area (Å²) in [4.78, 5) is 32.6. The van der Waals surface area contributed by atoms with Gasteiger partial charge in [0.2, 0.25) is 0 Å². The number of phenolic OH excluding ortho intramolecular Hbond substituents is 2. The molecule has 2 aliphatic heterocycles. The molecule has 0 aliphatic carbocycles. The Morgan fingerprint density at radius 1 is 1.24 bits per heavy atom. The zero-order valence-corrected chi connectivity index (χ0v) is 21.4. The predicted octanol–water partition coefficient (Wildman–Crippen LogP) is 4.26. The van der Waals surface area contributed by atoms with Crippen molar-refractivity contribution in [2.24, 2.45) is 0 Å². The number of ether oxygens (including phenoxy) is 2. The van der Waals surface area contributed by atoms with Gasteiger partial charge in [-0.1, -0.05) is 35.9 Å². The summed E-state index contributed by atoms with van der Waals surface area (Å²) in [5.41, 5.74) is 2.88. The summed E-state index contributed by atoms with van der Waals surface area (Å²) in [5.74, 6) is -1.84. The first-order valence-electron chi connectivity index (χ1n) is 12.2. The Hall–Kier alpha value is -3.27. The van der Waals surface area contributed by atoms with E-state index in [0.717, 1.165) is 25.3 Å². The molecule has 0 saturated carbocycles. The minimum atomic E-state index is -0.805. The number of piperidine rings is 1. The summed E-state index contributed by atoms with van der Waals surface area (Å²) in [6.07, 6.45) is 14.0. The second-order valence-electron chi connectivity index (χ2n) is 8.60. The zero-order chi connectivity index (χ0) is 26.6. The third kappa shape index (κ3) is 8.38. The summed E-state index contributed by atoms with van der Waals surface area (Å²) in [6, 6.07) is 0.984. The molecule has 1 saturated heterocycles. The molecule has 2 aliphatic rings. The average Bonchev–Trinajstić information content (AvgIpc) is 2.89. The highest BCUT2D eigenvalue weighted by Crippen LogP contribution is 2.38. The molecule has 0 spiro atoms. The van der Waals surface area contributed by atoms with Crippen LogP contribution in [0.25, 0.3) is 6.08 Å². The van der Waals surface area contributed by atoms with Crippen LogP contribution in [-0.4, -0.2) is 66.0 Å². The van der Waals surface area contributed by atoms with Crippen LogP contribution in [0.4, 0.5) is 0 Å². The van der Waals surface area contributed by atoms with Crippen molar-refractivity contribution in [2.75, 3.05) is 32.9 Å². The first kappa shape index (κ1) is 28.3.